The highest BCUT2D eigenvalue weighted by Gasteiger charge is 2.21. The summed E-state index contributed by atoms with van der Waals surface area (Å²) in [6.07, 6.45) is 1.07. The molecule has 1 amide bonds. The van der Waals surface area contributed by atoms with Gasteiger partial charge in [0, 0.05) is 11.6 Å². The van der Waals surface area contributed by atoms with Crippen molar-refractivity contribution in [3.63, 3.8) is 0 Å². The number of benzene rings is 2. The Morgan fingerprint density at radius 2 is 1.76 bits per heavy atom. The first kappa shape index (κ1) is 19.7. The fourth-order valence-electron chi connectivity index (χ4n) is 2.13. The van der Waals surface area contributed by atoms with Gasteiger partial charge in [0.1, 0.15) is 0 Å². The Balaban J connectivity index is 2.12. The largest absolute Gasteiger partial charge is 0.324 e. The lowest BCUT2D eigenvalue weighted by Gasteiger charge is -2.20. The van der Waals surface area contributed by atoms with Gasteiger partial charge in [-0.25, -0.2) is 8.42 Å². The predicted molar refractivity (Wildman–Crippen MR) is 102 cm³/mol. The van der Waals surface area contributed by atoms with E-state index in [1.165, 1.54) is 6.07 Å². The molecule has 0 bridgehead atoms. The smallest absolute Gasteiger partial charge is 0.239 e. The van der Waals surface area contributed by atoms with Crippen molar-refractivity contribution in [2.24, 2.45) is 0 Å². The van der Waals surface area contributed by atoms with Gasteiger partial charge in [0.15, 0.2) is 0 Å². The van der Waals surface area contributed by atoms with E-state index in [2.05, 4.69) is 5.32 Å². The maximum absolute atomic E-state index is 12.3. The average molecular weight is 401 g/mol. The Morgan fingerprint density at radius 3 is 2.36 bits per heavy atom. The summed E-state index contributed by atoms with van der Waals surface area (Å²) < 4.78 is 25.1. The number of nitrogens with zero attached hydrogens (tertiary/aromatic N) is 1. The van der Waals surface area contributed by atoms with Crippen LogP contribution in [0.5, 0.6) is 0 Å². The number of amides is 1. The quantitative estimate of drug-likeness (QED) is 0.803. The van der Waals surface area contributed by atoms with E-state index in [1.807, 2.05) is 31.2 Å². The third-order valence-corrected chi connectivity index (χ3v) is 5.23. The predicted octanol–water partition coefficient (Wildman–Crippen LogP) is 3.70. The Kier molecular flexibility index (Phi) is 6.46. The fourth-order valence-corrected chi connectivity index (χ4v) is 3.20. The second-order valence-corrected chi connectivity index (χ2v) is 8.52. The second-order valence-electron chi connectivity index (χ2n) is 5.69. The molecule has 0 fully saturated rings. The van der Waals surface area contributed by atoms with E-state index in [4.69, 9.17) is 23.2 Å². The summed E-state index contributed by atoms with van der Waals surface area (Å²) in [5.74, 6) is -0.498. The van der Waals surface area contributed by atoms with Gasteiger partial charge in [0.2, 0.25) is 15.9 Å². The minimum atomic E-state index is -3.57. The molecule has 2 aromatic rings. The van der Waals surface area contributed by atoms with Crippen molar-refractivity contribution in [2.45, 2.75) is 13.5 Å². The highest BCUT2D eigenvalue weighted by Crippen LogP contribution is 2.25. The van der Waals surface area contributed by atoms with Gasteiger partial charge in [-0.3, -0.25) is 4.79 Å². The van der Waals surface area contributed by atoms with Crippen LogP contribution in [-0.2, 0) is 21.4 Å². The molecule has 0 aliphatic carbocycles. The third kappa shape index (κ3) is 6.01. The number of carbonyl (C=O) groups is 1. The molecule has 134 valence electrons. The van der Waals surface area contributed by atoms with Crippen molar-refractivity contribution in [3.8, 4) is 0 Å². The number of sulfonamides is 1. The topological polar surface area (TPSA) is 66.5 Å². The first-order chi connectivity index (χ1) is 11.6. The van der Waals surface area contributed by atoms with Gasteiger partial charge in [-0.1, -0.05) is 53.0 Å². The van der Waals surface area contributed by atoms with Gasteiger partial charge >= 0.3 is 0 Å². The Morgan fingerprint density at radius 1 is 1.12 bits per heavy atom. The van der Waals surface area contributed by atoms with Gasteiger partial charge < -0.3 is 5.32 Å². The molecule has 2 aromatic carbocycles. The summed E-state index contributed by atoms with van der Waals surface area (Å²) in [5.41, 5.74) is 2.20. The molecule has 0 saturated heterocycles. The SMILES string of the molecule is Cc1ccc(CN(CC(=O)Nc2cc(Cl)ccc2Cl)S(C)(=O)=O)cc1. The van der Waals surface area contributed by atoms with Crippen LogP contribution in [-0.4, -0.2) is 31.4 Å². The average Bonchev–Trinajstić information content (AvgIpc) is 2.51. The number of anilines is 1. The Hall–Kier alpha value is -1.60. The van der Waals surface area contributed by atoms with Crippen LogP contribution in [0.25, 0.3) is 0 Å². The molecule has 0 heterocycles. The van der Waals surface area contributed by atoms with Gasteiger partial charge in [-0.2, -0.15) is 4.31 Å². The maximum atomic E-state index is 12.3. The van der Waals surface area contributed by atoms with E-state index in [9.17, 15) is 13.2 Å². The van der Waals surface area contributed by atoms with Crippen LogP contribution in [0.3, 0.4) is 0 Å². The summed E-state index contributed by atoms with van der Waals surface area (Å²) in [6.45, 7) is 1.73. The van der Waals surface area contributed by atoms with Crippen molar-refractivity contribution in [3.05, 3.63) is 63.6 Å². The number of hydrogen-bond donors (Lipinski definition) is 1. The lowest BCUT2D eigenvalue weighted by Crippen LogP contribution is -2.36. The second kappa shape index (κ2) is 8.19. The van der Waals surface area contributed by atoms with E-state index in [0.29, 0.717) is 15.7 Å². The molecular formula is C17H18Cl2N2O3S. The minimum absolute atomic E-state index is 0.107. The van der Waals surface area contributed by atoms with E-state index >= 15 is 0 Å². The number of rotatable bonds is 6. The number of aryl methyl sites for hydroxylation is 1. The lowest BCUT2D eigenvalue weighted by molar-refractivity contribution is -0.116. The molecule has 8 heteroatoms. The number of carbonyl (C=O) groups excluding carboxylic acids is 1. The molecular weight excluding hydrogens is 383 g/mol. The zero-order valence-electron chi connectivity index (χ0n) is 13.8. The normalized spacial score (nSPS) is 11.6. The number of nitrogens with one attached hydrogen (secondary N) is 1. The van der Waals surface area contributed by atoms with Crippen molar-refractivity contribution < 1.29 is 13.2 Å². The Bertz CT molecular complexity index is 868. The van der Waals surface area contributed by atoms with Gasteiger partial charge in [-0.15, -0.1) is 0 Å². The summed E-state index contributed by atoms with van der Waals surface area (Å²) in [4.78, 5) is 12.3. The molecule has 2 rings (SSSR count). The molecule has 0 spiro atoms. The molecule has 0 atom stereocenters. The third-order valence-electron chi connectivity index (χ3n) is 3.47. The van der Waals surface area contributed by atoms with Gasteiger partial charge in [-0.05, 0) is 30.7 Å². The number of halogens is 2. The minimum Gasteiger partial charge on any atom is -0.324 e. The van der Waals surface area contributed by atoms with E-state index in [1.54, 1.807) is 12.1 Å². The van der Waals surface area contributed by atoms with Crippen LogP contribution >= 0.6 is 23.2 Å². The van der Waals surface area contributed by atoms with E-state index < -0.39 is 15.9 Å². The van der Waals surface area contributed by atoms with Crippen molar-refractivity contribution >= 4 is 44.8 Å². The van der Waals surface area contributed by atoms with Crippen LogP contribution in [0.15, 0.2) is 42.5 Å². The molecule has 25 heavy (non-hydrogen) atoms. The summed E-state index contributed by atoms with van der Waals surface area (Å²) in [6, 6.07) is 12.1. The van der Waals surface area contributed by atoms with Crippen LogP contribution in [0, 0.1) is 6.92 Å². The molecule has 0 radical (unpaired) electrons. The van der Waals surface area contributed by atoms with Crippen molar-refractivity contribution in [1.29, 1.82) is 0 Å². The first-order valence-electron chi connectivity index (χ1n) is 7.41. The summed E-state index contributed by atoms with van der Waals surface area (Å²) >= 11 is 11.9. The zero-order valence-corrected chi connectivity index (χ0v) is 16.1. The van der Waals surface area contributed by atoms with Gasteiger partial charge in [0.05, 0.1) is 23.5 Å². The van der Waals surface area contributed by atoms with Crippen LogP contribution in [0.4, 0.5) is 5.69 Å². The Labute approximate surface area is 157 Å². The van der Waals surface area contributed by atoms with E-state index in [-0.39, 0.29) is 13.1 Å². The summed E-state index contributed by atoms with van der Waals surface area (Å²) in [5, 5.41) is 3.32. The zero-order chi connectivity index (χ0) is 18.6. The maximum Gasteiger partial charge on any atom is 0.239 e. The molecule has 5 nitrogen and oxygen atoms in total. The lowest BCUT2D eigenvalue weighted by atomic mass is 10.1. The monoisotopic (exact) mass is 400 g/mol. The molecule has 0 aliphatic heterocycles. The van der Waals surface area contributed by atoms with Gasteiger partial charge in [0.25, 0.3) is 0 Å². The number of hydrogen-bond acceptors (Lipinski definition) is 3. The molecule has 0 aliphatic rings. The highest BCUT2D eigenvalue weighted by atomic mass is 35.5. The van der Waals surface area contributed by atoms with Crippen LogP contribution < -0.4 is 5.32 Å². The first-order valence-corrected chi connectivity index (χ1v) is 10.0. The van der Waals surface area contributed by atoms with Crippen LogP contribution in [0.2, 0.25) is 10.0 Å². The van der Waals surface area contributed by atoms with Crippen molar-refractivity contribution in [1.82, 2.24) is 4.31 Å². The van der Waals surface area contributed by atoms with Crippen molar-refractivity contribution in [2.75, 3.05) is 18.1 Å². The summed E-state index contributed by atoms with van der Waals surface area (Å²) in [7, 11) is -3.57. The fraction of sp³-hybridized carbons (Fsp3) is 0.235. The molecule has 0 saturated carbocycles. The molecule has 0 aromatic heterocycles. The van der Waals surface area contributed by atoms with Crippen LogP contribution in [0.1, 0.15) is 11.1 Å². The molecule has 1 N–H and O–H groups in total. The highest BCUT2D eigenvalue weighted by molar-refractivity contribution is 7.88. The molecule has 0 unspecified atom stereocenters. The van der Waals surface area contributed by atoms with E-state index in [0.717, 1.165) is 21.7 Å². The standard InChI is InChI=1S/C17H18Cl2N2O3S/c1-12-3-5-13(6-4-12)10-21(25(2,23)24)11-17(22)20-16-9-14(18)7-8-15(16)19/h3-9H,10-11H2,1-2H3,(H,20,22).